The van der Waals surface area contributed by atoms with Crippen molar-refractivity contribution in [3.63, 3.8) is 0 Å². The number of hydrogen-bond donors (Lipinski definition) is 1. The Bertz CT molecular complexity index is 698. The molecule has 0 saturated heterocycles. The molecule has 0 atom stereocenters. The van der Waals surface area contributed by atoms with E-state index in [1.807, 2.05) is 0 Å². The van der Waals surface area contributed by atoms with Crippen LogP contribution >= 0.6 is 0 Å². The maximum absolute atomic E-state index is 12.8. The summed E-state index contributed by atoms with van der Waals surface area (Å²) in [5, 5.41) is -14.6. The fourth-order valence-electron chi connectivity index (χ4n) is 0.735. The molecule has 0 aromatic carbocycles. The Morgan fingerprint density at radius 1 is 0.560 bits per heavy atom. The number of halogens is 12. The van der Waals surface area contributed by atoms with E-state index in [0.29, 0.717) is 0 Å². The van der Waals surface area contributed by atoms with Gasteiger partial charge in [0.1, 0.15) is 0 Å². The topological polar surface area (TPSA) is 80.3 Å². The third-order valence-corrected chi connectivity index (χ3v) is 5.54. The number of sulfonamides is 2. The summed E-state index contributed by atoms with van der Waals surface area (Å²) in [4.78, 5) is 0. The first-order chi connectivity index (χ1) is 9.96. The van der Waals surface area contributed by atoms with Crippen molar-refractivity contribution >= 4 is 20.0 Å². The summed E-state index contributed by atoms with van der Waals surface area (Å²) in [5.74, 6) is -7.53. The molecular formula is C5H2F12LiNO4S2. The van der Waals surface area contributed by atoms with Gasteiger partial charge >= 0.3 is 47.6 Å². The first-order valence-corrected chi connectivity index (χ1v) is 7.47. The molecule has 0 amide bonds. The standard InChI is InChI=1S/C5HF12NO4S2.Li.H/c6-1(7,2(8,9)10)4(14,15)23(19,20)18-24(21,22)5(16,17)3(11,12)13;;/h18H;;/q;+1;-1. The Labute approximate surface area is 143 Å². The molecule has 0 aliphatic carbocycles. The predicted octanol–water partition coefficient (Wildman–Crippen LogP) is -0.702. The monoisotopic (exact) mass is 439 g/mol. The van der Waals surface area contributed by atoms with Gasteiger partial charge in [0, 0.05) is 0 Å². The quantitative estimate of drug-likeness (QED) is 0.454. The Morgan fingerprint density at radius 2 is 0.840 bits per heavy atom. The van der Waals surface area contributed by atoms with Gasteiger partial charge in [-0.25, -0.2) is 16.8 Å². The Balaban J connectivity index is -0.00000264. The van der Waals surface area contributed by atoms with Crippen LogP contribution < -0.4 is 23.0 Å². The van der Waals surface area contributed by atoms with Crippen molar-refractivity contribution in [2.45, 2.75) is 28.8 Å². The molecule has 0 bridgehead atoms. The van der Waals surface area contributed by atoms with Crippen LogP contribution in [0.5, 0.6) is 0 Å². The molecule has 20 heteroatoms. The summed E-state index contributed by atoms with van der Waals surface area (Å²) in [6.45, 7) is 0. The molecule has 0 spiro atoms. The van der Waals surface area contributed by atoms with Gasteiger partial charge < -0.3 is 1.43 Å². The predicted molar refractivity (Wildman–Crippen MR) is 49.0 cm³/mol. The molecule has 0 aromatic heterocycles. The van der Waals surface area contributed by atoms with E-state index in [9.17, 15) is 69.5 Å². The zero-order valence-electron chi connectivity index (χ0n) is 12.0. The van der Waals surface area contributed by atoms with Crippen molar-refractivity contribution < 1.29 is 89.8 Å². The van der Waals surface area contributed by atoms with E-state index in [4.69, 9.17) is 0 Å². The van der Waals surface area contributed by atoms with Gasteiger partial charge in [0.15, 0.2) is 0 Å². The normalized spacial score (nSPS) is 15.7. The molecule has 0 fully saturated rings. The van der Waals surface area contributed by atoms with Crippen LogP contribution in [0, 0.1) is 0 Å². The van der Waals surface area contributed by atoms with Gasteiger partial charge in [-0.2, -0.15) is 52.7 Å². The van der Waals surface area contributed by atoms with Crippen LogP contribution in [-0.2, 0) is 20.0 Å². The van der Waals surface area contributed by atoms with E-state index in [0.717, 1.165) is 0 Å². The number of nitrogens with one attached hydrogen (secondary N) is 1. The van der Waals surface area contributed by atoms with Gasteiger partial charge in [-0.1, -0.05) is 4.13 Å². The molecule has 0 heterocycles. The summed E-state index contributed by atoms with van der Waals surface area (Å²) in [7, 11) is -15.7. The first kappa shape index (κ1) is 26.8. The second-order valence-corrected chi connectivity index (χ2v) is 7.40. The van der Waals surface area contributed by atoms with E-state index in [-0.39, 0.29) is 20.3 Å². The molecule has 0 unspecified atom stereocenters. The second-order valence-electron chi connectivity index (χ2n) is 3.69. The van der Waals surface area contributed by atoms with Crippen LogP contribution in [0.25, 0.3) is 0 Å². The molecule has 1 N–H and O–H groups in total. The average molecular weight is 439 g/mol. The third kappa shape index (κ3) is 4.31. The smallest absolute Gasteiger partial charge is 1.00 e. The van der Waals surface area contributed by atoms with Crippen molar-refractivity contribution in [2.75, 3.05) is 0 Å². The maximum atomic E-state index is 12.8. The zero-order chi connectivity index (χ0) is 20.2. The zero-order valence-corrected chi connectivity index (χ0v) is 12.6. The Kier molecular flexibility index (Phi) is 7.14. The van der Waals surface area contributed by atoms with Crippen LogP contribution in [-0.4, -0.2) is 45.6 Å². The molecule has 25 heavy (non-hydrogen) atoms. The van der Waals surface area contributed by atoms with E-state index in [1.165, 1.54) is 0 Å². The Morgan fingerprint density at radius 3 is 1.08 bits per heavy atom. The minimum atomic E-state index is -7.92. The number of rotatable bonds is 5. The average Bonchev–Trinajstić information content (AvgIpc) is 2.23. The molecule has 0 saturated carbocycles. The maximum Gasteiger partial charge on any atom is 1.00 e. The van der Waals surface area contributed by atoms with Crippen LogP contribution in [0.1, 0.15) is 1.43 Å². The molecule has 148 valence electrons. The summed E-state index contributed by atoms with van der Waals surface area (Å²) >= 11 is 0. The van der Waals surface area contributed by atoms with Crippen molar-refractivity contribution in [3.05, 3.63) is 0 Å². The summed E-state index contributed by atoms with van der Waals surface area (Å²) in [6.07, 6.45) is -14.4. The minimum absolute atomic E-state index is 0. The third-order valence-electron chi connectivity index (χ3n) is 1.95. The molecule has 0 radical (unpaired) electrons. The summed E-state index contributed by atoms with van der Waals surface area (Å²) in [6, 6.07) is 0. The van der Waals surface area contributed by atoms with E-state index in [2.05, 4.69) is 0 Å². The molecule has 5 nitrogen and oxygen atoms in total. The van der Waals surface area contributed by atoms with Crippen LogP contribution in [0.4, 0.5) is 52.7 Å². The fraction of sp³-hybridized carbons (Fsp3) is 1.00. The van der Waals surface area contributed by atoms with E-state index < -0.39 is 53.0 Å². The second kappa shape index (κ2) is 6.65. The van der Waals surface area contributed by atoms with Gasteiger partial charge in [-0.3, -0.25) is 0 Å². The van der Waals surface area contributed by atoms with E-state index in [1.54, 1.807) is 0 Å². The number of alkyl halides is 12. The van der Waals surface area contributed by atoms with Crippen molar-refractivity contribution in [1.29, 1.82) is 0 Å². The largest absolute Gasteiger partial charge is 1.00 e. The SMILES string of the molecule is O=S(=O)(NS(=O)(=O)C(F)(F)C(F)(F)C(F)(F)F)C(F)(F)C(F)(F)F.[H-].[Li+]. The van der Waals surface area contributed by atoms with Gasteiger partial charge in [0.05, 0.1) is 0 Å². The van der Waals surface area contributed by atoms with Gasteiger partial charge in [0.25, 0.3) is 20.0 Å². The molecular weight excluding hydrogens is 437 g/mol. The minimum Gasteiger partial charge on any atom is -1.00 e. The molecule has 0 aromatic rings. The fourth-order valence-corrected chi connectivity index (χ4v) is 3.49. The summed E-state index contributed by atoms with van der Waals surface area (Å²) in [5.41, 5.74) is 0. The van der Waals surface area contributed by atoms with Gasteiger partial charge in [-0.05, 0) is 0 Å². The number of hydrogen-bond acceptors (Lipinski definition) is 4. The van der Waals surface area contributed by atoms with Gasteiger partial charge in [0.2, 0.25) is 0 Å². The molecule has 0 aliphatic heterocycles. The summed E-state index contributed by atoms with van der Waals surface area (Å²) < 4.78 is 187. The molecule has 0 rings (SSSR count). The van der Waals surface area contributed by atoms with Crippen LogP contribution in [0.15, 0.2) is 0 Å². The van der Waals surface area contributed by atoms with Crippen molar-refractivity contribution in [3.8, 4) is 0 Å². The Hall–Kier alpha value is -0.383. The van der Waals surface area contributed by atoms with E-state index >= 15 is 0 Å². The van der Waals surface area contributed by atoms with Crippen LogP contribution in [0.3, 0.4) is 0 Å². The molecule has 0 aliphatic rings. The van der Waals surface area contributed by atoms with Gasteiger partial charge in [-0.15, -0.1) is 0 Å². The van der Waals surface area contributed by atoms with Crippen LogP contribution in [0.2, 0.25) is 0 Å². The van der Waals surface area contributed by atoms with Crippen molar-refractivity contribution in [2.24, 2.45) is 0 Å². The van der Waals surface area contributed by atoms with Crippen molar-refractivity contribution in [1.82, 2.24) is 4.13 Å². The first-order valence-electron chi connectivity index (χ1n) is 4.50.